The Bertz CT molecular complexity index is 150. The minimum atomic E-state index is -1.40. The summed E-state index contributed by atoms with van der Waals surface area (Å²) in [5, 5.41) is 18.9. The average molecular weight is 160 g/mol. The lowest BCUT2D eigenvalue weighted by atomic mass is 10.0. The number of carbonyl (C=O) groups excluding carboxylic acids is 2. The van der Waals surface area contributed by atoms with Crippen molar-refractivity contribution in [2.75, 3.05) is 0 Å². The topological polar surface area (TPSA) is 100 Å². The van der Waals surface area contributed by atoms with Gasteiger partial charge in [-0.05, 0) is 6.42 Å². The summed E-state index contributed by atoms with van der Waals surface area (Å²) in [5.74, 6) is -3.08. The second-order valence-electron chi connectivity index (χ2n) is 2.37. The summed E-state index contributed by atoms with van der Waals surface area (Å²) in [5.41, 5.74) is 4.68. The number of hydrogen-bond donors (Lipinski definition) is 2. The molecule has 0 rings (SSSR count). The average Bonchev–Trinajstić information content (AvgIpc) is 1.87. The molecule has 2 unspecified atom stereocenters. The first kappa shape index (κ1) is 9.90. The number of hydrogen-bond acceptors (Lipinski definition) is 3. The molecule has 1 radical (unpaired) electrons. The van der Waals surface area contributed by atoms with Crippen LogP contribution in [-0.2, 0) is 14.7 Å². The maximum absolute atomic E-state index is 10.2. The number of carbonyl (C=O) groups is 2. The van der Waals surface area contributed by atoms with E-state index in [1.54, 1.807) is 0 Å². The van der Waals surface area contributed by atoms with E-state index in [1.165, 1.54) is 6.92 Å². The van der Waals surface area contributed by atoms with Gasteiger partial charge in [-0.15, -0.1) is 0 Å². The lowest BCUT2D eigenvalue weighted by Crippen LogP contribution is -2.31. The number of amides is 1. The summed E-state index contributed by atoms with van der Waals surface area (Å²) in [6.45, 7) is 1.33. The van der Waals surface area contributed by atoms with E-state index in [0.29, 0.717) is 0 Å². The monoisotopic (exact) mass is 160 g/mol. The minimum Gasteiger partial charge on any atom is -0.383 e. The molecule has 2 atom stereocenters. The summed E-state index contributed by atoms with van der Waals surface area (Å²) in [6.07, 6.45) is -1.60. The van der Waals surface area contributed by atoms with Crippen LogP contribution >= 0.6 is 0 Å². The lowest BCUT2D eigenvalue weighted by molar-refractivity contribution is -0.148. The number of aliphatic hydroxyl groups is 1. The third kappa shape index (κ3) is 3.57. The molecule has 0 aromatic carbocycles. The molecular formula is C6H10NO4. The molecule has 0 fully saturated rings. The molecule has 3 N–H and O–H groups in total. The van der Waals surface area contributed by atoms with Crippen LogP contribution < -0.4 is 5.73 Å². The van der Waals surface area contributed by atoms with E-state index < -0.39 is 23.9 Å². The zero-order valence-electron chi connectivity index (χ0n) is 6.11. The Morgan fingerprint density at radius 2 is 2.00 bits per heavy atom. The van der Waals surface area contributed by atoms with Gasteiger partial charge in [-0.1, -0.05) is 6.92 Å². The number of primary amides is 1. The third-order valence-electron chi connectivity index (χ3n) is 1.31. The van der Waals surface area contributed by atoms with Gasteiger partial charge in [0, 0.05) is 0 Å². The van der Waals surface area contributed by atoms with E-state index in [-0.39, 0.29) is 6.42 Å². The molecule has 0 spiro atoms. The van der Waals surface area contributed by atoms with Crippen LogP contribution in [0.3, 0.4) is 0 Å². The van der Waals surface area contributed by atoms with Crippen LogP contribution in [0, 0.1) is 5.92 Å². The lowest BCUT2D eigenvalue weighted by Gasteiger charge is -2.07. The van der Waals surface area contributed by atoms with Gasteiger partial charge in [0.2, 0.25) is 5.91 Å². The highest BCUT2D eigenvalue weighted by Gasteiger charge is 2.20. The fourth-order valence-corrected chi connectivity index (χ4v) is 0.547. The maximum atomic E-state index is 10.2. The first-order valence-corrected chi connectivity index (χ1v) is 3.13. The number of aliphatic hydroxyl groups excluding tert-OH is 1. The van der Waals surface area contributed by atoms with Crippen molar-refractivity contribution in [2.45, 2.75) is 19.4 Å². The predicted octanol–water partition coefficient (Wildman–Crippen LogP) is -1.18. The highest BCUT2D eigenvalue weighted by atomic mass is 16.4. The van der Waals surface area contributed by atoms with Crippen LogP contribution in [0.4, 0.5) is 0 Å². The molecule has 5 nitrogen and oxygen atoms in total. The molecule has 0 aliphatic heterocycles. The molecule has 0 aromatic rings. The molecule has 0 heterocycles. The van der Waals surface area contributed by atoms with Crippen molar-refractivity contribution in [3.63, 3.8) is 0 Å². The van der Waals surface area contributed by atoms with Gasteiger partial charge in [0.25, 0.3) is 0 Å². The molecule has 0 aromatic heterocycles. The van der Waals surface area contributed by atoms with Crippen LogP contribution in [0.2, 0.25) is 0 Å². The Morgan fingerprint density at radius 3 is 2.27 bits per heavy atom. The Kier molecular flexibility index (Phi) is 3.53. The van der Waals surface area contributed by atoms with Gasteiger partial charge >= 0.3 is 5.97 Å². The van der Waals surface area contributed by atoms with Gasteiger partial charge in [0.1, 0.15) is 6.10 Å². The molecule has 0 bridgehead atoms. The largest absolute Gasteiger partial charge is 0.383 e. The predicted molar refractivity (Wildman–Crippen MR) is 34.7 cm³/mol. The Balaban J connectivity index is 3.84. The SMILES string of the molecule is CC(CC(O)C(N)=O)C([O])=O. The number of nitrogens with two attached hydrogens (primary N) is 1. The second-order valence-corrected chi connectivity index (χ2v) is 2.37. The fourth-order valence-electron chi connectivity index (χ4n) is 0.547. The van der Waals surface area contributed by atoms with Crippen LogP contribution in [0.5, 0.6) is 0 Å². The summed E-state index contributed by atoms with van der Waals surface area (Å²) < 4.78 is 0. The molecule has 0 aliphatic carbocycles. The molecule has 1 amide bonds. The third-order valence-corrected chi connectivity index (χ3v) is 1.31. The minimum absolute atomic E-state index is 0.197. The van der Waals surface area contributed by atoms with Crippen LogP contribution in [0.1, 0.15) is 13.3 Å². The van der Waals surface area contributed by atoms with Gasteiger partial charge in [0.15, 0.2) is 0 Å². The van der Waals surface area contributed by atoms with E-state index in [4.69, 9.17) is 5.11 Å². The van der Waals surface area contributed by atoms with Crippen molar-refractivity contribution < 1.29 is 19.8 Å². The maximum Gasteiger partial charge on any atom is 0.358 e. The summed E-state index contributed by atoms with van der Waals surface area (Å²) in [7, 11) is 0. The Morgan fingerprint density at radius 1 is 1.55 bits per heavy atom. The smallest absolute Gasteiger partial charge is 0.358 e. The fraction of sp³-hybridized carbons (Fsp3) is 0.667. The first-order chi connectivity index (χ1) is 4.95. The van der Waals surface area contributed by atoms with E-state index in [0.717, 1.165) is 0 Å². The van der Waals surface area contributed by atoms with E-state index >= 15 is 0 Å². The van der Waals surface area contributed by atoms with Crippen LogP contribution in [-0.4, -0.2) is 23.1 Å². The van der Waals surface area contributed by atoms with Gasteiger partial charge in [-0.25, -0.2) is 9.90 Å². The van der Waals surface area contributed by atoms with Crippen molar-refractivity contribution in [2.24, 2.45) is 11.7 Å². The van der Waals surface area contributed by atoms with Gasteiger partial charge in [0.05, 0.1) is 5.92 Å². The summed E-state index contributed by atoms with van der Waals surface area (Å²) in [4.78, 5) is 20.3. The zero-order valence-corrected chi connectivity index (χ0v) is 6.11. The highest BCUT2D eigenvalue weighted by molar-refractivity contribution is 5.79. The molecule has 0 saturated carbocycles. The van der Waals surface area contributed by atoms with Crippen LogP contribution in [0.25, 0.3) is 0 Å². The molecular weight excluding hydrogens is 150 g/mol. The standard InChI is InChI=1S/C6H10NO4/c1-3(6(10)11)2-4(8)5(7)9/h3-4,8H,2H2,1H3,(H2,7,9). The van der Waals surface area contributed by atoms with Crippen LogP contribution in [0.15, 0.2) is 0 Å². The normalized spacial score (nSPS) is 15.5. The van der Waals surface area contributed by atoms with Gasteiger partial charge in [-0.2, -0.15) is 0 Å². The molecule has 0 saturated heterocycles. The van der Waals surface area contributed by atoms with Crippen molar-refractivity contribution in [3.05, 3.63) is 0 Å². The van der Waals surface area contributed by atoms with Crippen molar-refractivity contribution in [3.8, 4) is 0 Å². The van der Waals surface area contributed by atoms with Gasteiger partial charge in [-0.3, -0.25) is 4.79 Å². The molecule has 5 heteroatoms. The first-order valence-electron chi connectivity index (χ1n) is 3.13. The Hall–Kier alpha value is -1.10. The van der Waals surface area contributed by atoms with Crippen molar-refractivity contribution >= 4 is 11.9 Å². The highest BCUT2D eigenvalue weighted by Crippen LogP contribution is 2.05. The van der Waals surface area contributed by atoms with Gasteiger partial charge < -0.3 is 10.8 Å². The summed E-state index contributed by atoms with van der Waals surface area (Å²) >= 11 is 0. The molecule has 63 valence electrons. The van der Waals surface area contributed by atoms with E-state index in [1.807, 2.05) is 0 Å². The van der Waals surface area contributed by atoms with E-state index in [2.05, 4.69) is 5.73 Å². The molecule has 0 aliphatic rings. The zero-order chi connectivity index (χ0) is 9.02. The second kappa shape index (κ2) is 3.92. The molecule has 11 heavy (non-hydrogen) atoms. The Labute approximate surface area is 63.8 Å². The summed E-state index contributed by atoms with van der Waals surface area (Å²) in [6, 6.07) is 0. The van der Waals surface area contributed by atoms with Crippen molar-refractivity contribution in [1.82, 2.24) is 0 Å². The van der Waals surface area contributed by atoms with E-state index in [9.17, 15) is 14.7 Å². The quantitative estimate of drug-likeness (QED) is 0.541. The van der Waals surface area contributed by atoms with Crippen molar-refractivity contribution in [1.29, 1.82) is 0 Å². The number of rotatable bonds is 4.